The molecular weight excluding hydrogens is 214 g/mol. The van der Waals surface area contributed by atoms with E-state index in [0.717, 1.165) is 16.8 Å². The lowest BCUT2D eigenvalue weighted by Crippen LogP contribution is -2.31. The normalized spacial score (nSPS) is 25.3. The van der Waals surface area contributed by atoms with Crippen LogP contribution in [0.1, 0.15) is 11.1 Å². The molecule has 1 atom stereocenters. The number of methoxy groups -OCH3 is 1. The number of hydrogen-bond donors (Lipinski definition) is 1. The maximum absolute atomic E-state index is 10.1. The first kappa shape index (κ1) is 10.3. The van der Waals surface area contributed by atoms with E-state index in [1.165, 1.54) is 7.11 Å². The van der Waals surface area contributed by atoms with Crippen molar-refractivity contribution in [1.29, 1.82) is 0 Å². The van der Waals surface area contributed by atoms with Crippen LogP contribution in [0.3, 0.4) is 0 Å². The maximum Gasteiger partial charge on any atom is 0.209 e. The summed E-state index contributed by atoms with van der Waals surface area (Å²) >= 11 is 0. The highest BCUT2D eigenvalue weighted by Crippen LogP contribution is 2.34. The highest BCUT2D eigenvalue weighted by Gasteiger charge is 2.28. The number of rotatable bonds is 1. The van der Waals surface area contributed by atoms with E-state index in [1.54, 1.807) is 12.2 Å². The van der Waals surface area contributed by atoms with Crippen molar-refractivity contribution < 1.29 is 9.84 Å². The summed E-state index contributed by atoms with van der Waals surface area (Å²) in [6.45, 7) is 0. The molecule has 0 amide bonds. The van der Waals surface area contributed by atoms with Gasteiger partial charge in [-0.2, -0.15) is 0 Å². The number of hydrogen-bond acceptors (Lipinski definition) is 3. The molecule has 86 valence electrons. The van der Waals surface area contributed by atoms with Crippen LogP contribution in [0.25, 0.3) is 11.8 Å². The Morgan fingerprint density at radius 2 is 2.06 bits per heavy atom. The van der Waals surface area contributed by atoms with Crippen molar-refractivity contribution in [2.24, 2.45) is 0 Å². The van der Waals surface area contributed by atoms with Gasteiger partial charge < -0.3 is 14.7 Å². The SMILES string of the molecule is COC1(O)C=CN2C=Cc3ccccc3C2=C1. The van der Waals surface area contributed by atoms with Crippen LogP contribution in [0.4, 0.5) is 0 Å². The molecule has 0 radical (unpaired) electrons. The van der Waals surface area contributed by atoms with Gasteiger partial charge in [0.2, 0.25) is 5.79 Å². The first-order chi connectivity index (χ1) is 8.22. The third kappa shape index (κ3) is 1.60. The lowest BCUT2D eigenvalue weighted by atomic mass is 9.97. The maximum atomic E-state index is 10.1. The first-order valence-electron chi connectivity index (χ1n) is 5.47. The van der Waals surface area contributed by atoms with Crippen LogP contribution in [-0.4, -0.2) is 22.9 Å². The molecule has 1 aromatic rings. The molecule has 3 heteroatoms. The zero-order chi connectivity index (χ0) is 11.9. The van der Waals surface area contributed by atoms with E-state index in [2.05, 4.69) is 0 Å². The van der Waals surface area contributed by atoms with E-state index in [-0.39, 0.29) is 0 Å². The second kappa shape index (κ2) is 3.58. The third-order valence-corrected chi connectivity index (χ3v) is 3.07. The molecular formula is C14H13NO2. The van der Waals surface area contributed by atoms with Gasteiger partial charge in [-0.3, -0.25) is 0 Å². The molecule has 0 fully saturated rings. The van der Waals surface area contributed by atoms with Crippen molar-refractivity contribution in [1.82, 2.24) is 4.90 Å². The van der Waals surface area contributed by atoms with Crippen LogP contribution in [-0.2, 0) is 4.74 Å². The van der Waals surface area contributed by atoms with Gasteiger partial charge in [-0.25, -0.2) is 0 Å². The molecule has 17 heavy (non-hydrogen) atoms. The quantitative estimate of drug-likeness (QED) is 0.746. The van der Waals surface area contributed by atoms with Crippen LogP contribution in [0.15, 0.2) is 48.8 Å². The molecule has 1 aromatic carbocycles. The largest absolute Gasteiger partial charge is 0.359 e. The van der Waals surface area contributed by atoms with Gasteiger partial charge in [-0.1, -0.05) is 24.3 Å². The van der Waals surface area contributed by atoms with E-state index in [1.807, 2.05) is 47.6 Å². The molecule has 0 aromatic heterocycles. The Morgan fingerprint density at radius 1 is 1.24 bits per heavy atom. The van der Waals surface area contributed by atoms with Crippen molar-refractivity contribution in [2.75, 3.05) is 7.11 Å². The number of nitrogens with zero attached hydrogens (tertiary/aromatic N) is 1. The van der Waals surface area contributed by atoms with E-state index < -0.39 is 5.79 Å². The summed E-state index contributed by atoms with van der Waals surface area (Å²) in [4.78, 5) is 1.97. The van der Waals surface area contributed by atoms with Crippen LogP contribution < -0.4 is 0 Å². The standard InChI is InChI=1S/C14H13NO2/c1-17-14(16)7-9-15-8-6-11-4-2-3-5-12(11)13(15)10-14/h2-10,16H,1H3. The Bertz CT molecular complexity index is 545. The lowest BCUT2D eigenvalue weighted by Gasteiger charge is -2.33. The van der Waals surface area contributed by atoms with Crippen LogP contribution in [0.5, 0.6) is 0 Å². The smallest absolute Gasteiger partial charge is 0.209 e. The molecule has 1 unspecified atom stereocenters. The zero-order valence-corrected chi connectivity index (χ0v) is 9.50. The summed E-state index contributed by atoms with van der Waals surface area (Å²) in [5.41, 5.74) is 3.17. The topological polar surface area (TPSA) is 32.7 Å². The molecule has 0 bridgehead atoms. The average molecular weight is 227 g/mol. The van der Waals surface area contributed by atoms with Crippen molar-refractivity contribution in [2.45, 2.75) is 5.79 Å². The Morgan fingerprint density at radius 3 is 2.88 bits per heavy atom. The average Bonchev–Trinajstić information content (AvgIpc) is 2.39. The van der Waals surface area contributed by atoms with E-state index >= 15 is 0 Å². The summed E-state index contributed by atoms with van der Waals surface area (Å²) in [5, 5.41) is 10.1. The second-order valence-electron chi connectivity index (χ2n) is 4.11. The fourth-order valence-corrected chi connectivity index (χ4v) is 2.10. The van der Waals surface area contributed by atoms with Gasteiger partial charge >= 0.3 is 0 Å². The van der Waals surface area contributed by atoms with E-state index in [9.17, 15) is 5.11 Å². The summed E-state index contributed by atoms with van der Waals surface area (Å²) < 4.78 is 5.08. The Labute approximate surface area is 99.9 Å². The lowest BCUT2D eigenvalue weighted by molar-refractivity contribution is -0.107. The van der Waals surface area contributed by atoms with Gasteiger partial charge in [0.15, 0.2) is 0 Å². The monoisotopic (exact) mass is 227 g/mol. The molecule has 0 saturated heterocycles. The minimum Gasteiger partial charge on any atom is -0.359 e. The van der Waals surface area contributed by atoms with Crippen molar-refractivity contribution >= 4 is 11.8 Å². The summed E-state index contributed by atoms with van der Waals surface area (Å²) in [6, 6.07) is 8.07. The molecule has 0 aliphatic carbocycles. The molecule has 1 N–H and O–H groups in total. The molecule has 3 nitrogen and oxygen atoms in total. The molecule has 0 spiro atoms. The highest BCUT2D eigenvalue weighted by molar-refractivity contribution is 5.79. The summed E-state index contributed by atoms with van der Waals surface area (Å²) in [7, 11) is 1.49. The minimum absolute atomic E-state index is 0.940. The Kier molecular flexibility index (Phi) is 2.18. The van der Waals surface area contributed by atoms with Gasteiger partial charge in [0.05, 0.1) is 5.70 Å². The molecule has 2 aliphatic rings. The van der Waals surface area contributed by atoms with Crippen molar-refractivity contribution in [3.63, 3.8) is 0 Å². The minimum atomic E-state index is -1.32. The number of benzene rings is 1. The van der Waals surface area contributed by atoms with Gasteiger partial charge in [0.1, 0.15) is 0 Å². The van der Waals surface area contributed by atoms with E-state index in [4.69, 9.17) is 4.74 Å². The van der Waals surface area contributed by atoms with Gasteiger partial charge in [0.25, 0.3) is 0 Å². The number of fused-ring (bicyclic) bond motifs is 3. The molecule has 2 aliphatic heterocycles. The highest BCUT2D eigenvalue weighted by atomic mass is 16.6. The van der Waals surface area contributed by atoms with Crippen LogP contribution in [0, 0.1) is 0 Å². The van der Waals surface area contributed by atoms with E-state index in [0.29, 0.717) is 0 Å². The zero-order valence-electron chi connectivity index (χ0n) is 9.50. The first-order valence-corrected chi connectivity index (χ1v) is 5.47. The fraction of sp³-hybridized carbons (Fsp3) is 0.143. The van der Waals surface area contributed by atoms with Crippen molar-refractivity contribution in [3.8, 4) is 0 Å². The van der Waals surface area contributed by atoms with Gasteiger partial charge in [-0.05, 0) is 17.7 Å². The summed E-state index contributed by atoms with van der Waals surface area (Å²) in [5.74, 6) is -1.32. The van der Waals surface area contributed by atoms with Crippen molar-refractivity contribution in [3.05, 3.63) is 59.9 Å². The Balaban J connectivity index is 2.15. The second-order valence-corrected chi connectivity index (χ2v) is 4.11. The van der Waals surface area contributed by atoms with Crippen LogP contribution >= 0.6 is 0 Å². The number of aliphatic hydroxyl groups is 1. The third-order valence-electron chi connectivity index (χ3n) is 3.07. The van der Waals surface area contributed by atoms with Crippen LogP contribution in [0.2, 0.25) is 0 Å². The predicted molar refractivity (Wildman–Crippen MR) is 66.4 cm³/mol. The molecule has 2 heterocycles. The fourth-order valence-electron chi connectivity index (χ4n) is 2.10. The molecule has 0 saturated carbocycles. The number of ether oxygens (including phenoxy) is 1. The van der Waals surface area contributed by atoms with Gasteiger partial charge in [0, 0.05) is 31.1 Å². The van der Waals surface area contributed by atoms with Gasteiger partial charge in [-0.15, -0.1) is 0 Å². The predicted octanol–water partition coefficient (Wildman–Crippen LogP) is 2.18. The Hall–Kier alpha value is -1.84. The summed E-state index contributed by atoms with van der Waals surface area (Å²) in [6.07, 6.45) is 9.17. The molecule has 3 rings (SSSR count).